The molecule has 0 spiro atoms. The van der Waals surface area contributed by atoms with E-state index in [2.05, 4.69) is 88.8 Å². The van der Waals surface area contributed by atoms with Crippen molar-refractivity contribution in [3.8, 4) is 11.3 Å². The van der Waals surface area contributed by atoms with E-state index in [9.17, 15) is 0 Å². The van der Waals surface area contributed by atoms with Crippen LogP contribution >= 0.6 is 0 Å². The Morgan fingerprint density at radius 3 is 2.44 bits per heavy atom. The highest BCUT2D eigenvalue weighted by atomic mass is 15.1. The summed E-state index contributed by atoms with van der Waals surface area (Å²) in [5.41, 5.74) is 7.18. The average Bonchev–Trinajstić information content (AvgIpc) is 3.13. The number of hydrogen-bond donors (Lipinski definition) is 0. The smallest absolute Gasteiger partial charge is 0.164 e. The fourth-order valence-electron chi connectivity index (χ4n) is 3.34. The lowest BCUT2D eigenvalue weighted by Gasteiger charge is -2.11. The molecule has 0 saturated heterocycles. The first-order valence-corrected chi connectivity index (χ1v) is 9.16. The van der Waals surface area contributed by atoms with Gasteiger partial charge in [0.15, 0.2) is 5.65 Å². The Morgan fingerprint density at radius 1 is 0.926 bits per heavy atom. The maximum Gasteiger partial charge on any atom is 0.164 e. The third kappa shape index (κ3) is 3.26. The highest BCUT2D eigenvalue weighted by Crippen LogP contribution is 2.32. The molecule has 0 aliphatic rings. The lowest BCUT2D eigenvalue weighted by Crippen LogP contribution is -2.00. The van der Waals surface area contributed by atoms with Gasteiger partial charge in [-0.15, -0.1) is 0 Å². The maximum absolute atomic E-state index is 4.62. The van der Waals surface area contributed by atoms with Gasteiger partial charge in [-0.2, -0.15) is 0 Å². The van der Waals surface area contributed by atoms with Gasteiger partial charge in [0.25, 0.3) is 0 Å². The van der Waals surface area contributed by atoms with Gasteiger partial charge in [-0.3, -0.25) is 0 Å². The first-order chi connectivity index (χ1) is 13.1. The van der Waals surface area contributed by atoms with Crippen LogP contribution in [0.2, 0.25) is 0 Å². The van der Waals surface area contributed by atoms with Crippen molar-refractivity contribution in [1.29, 1.82) is 0 Å². The van der Waals surface area contributed by atoms with Gasteiger partial charge in [0.2, 0.25) is 0 Å². The molecule has 4 nitrogen and oxygen atoms in total. The second-order valence-electron chi connectivity index (χ2n) is 6.92. The molecule has 0 radical (unpaired) electrons. The lowest BCUT2D eigenvalue weighted by atomic mass is 9.96. The fourth-order valence-corrected chi connectivity index (χ4v) is 3.34. The number of nitrogens with zero attached hydrogens (tertiary/aromatic N) is 4. The molecule has 0 N–H and O–H groups in total. The van der Waals surface area contributed by atoms with Crippen LogP contribution in [0.1, 0.15) is 37.9 Å². The molecule has 4 rings (SSSR count). The van der Waals surface area contributed by atoms with E-state index in [4.69, 9.17) is 0 Å². The molecule has 0 atom stereocenters. The van der Waals surface area contributed by atoms with Crippen LogP contribution in [-0.2, 0) is 0 Å². The Labute approximate surface area is 159 Å². The zero-order valence-corrected chi connectivity index (χ0v) is 15.8. The normalized spacial score (nSPS) is 12.1. The molecule has 2 heterocycles. The van der Waals surface area contributed by atoms with Gasteiger partial charge in [-0.1, -0.05) is 60.7 Å². The third-order valence-corrected chi connectivity index (χ3v) is 4.70. The van der Waals surface area contributed by atoms with E-state index in [0.717, 1.165) is 28.0 Å². The lowest BCUT2D eigenvalue weighted by molar-refractivity contribution is 0.612. The van der Waals surface area contributed by atoms with Crippen LogP contribution in [0, 0.1) is 0 Å². The zero-order chi connectivity index (χ0) is 18.8. The van der Waals surface area contributed by atoms with Crippen molar-refractivity contribution < 1.29 is 0 Å². The standard InChI is InChI=1S/C23H22N4/c1-16(2)27-15-26-22-21(24-14-25-23(22)27)20-12-8-7-11-19(20)17(3)13-18-9-5-4-6-10-18/h4-16H,1-3H3/b17-13+. The predicted octanol–water partition coefficient (Wildman–Crippen LogP) is 5.63. The minimum Gasteiger partial charge on any atom is -0.313 e. The molecule has 4 heteroatoms. The summed E-state index contributed by atoms with van der Waals surface area (Å²) in [4.78, 5) is 13.7. The van der Waals surface area contributed by atoms with Crippen molar-refractivity contribution in [3.63, 3.8) is 0 Å². The Hall–Kier alpha value is -3.27. The van der Waals surface area contributed by atoms with Crippen LogP contribution < -0.4 is 0 Å². The summed E-state index contributed by atoms with van der Waals surface area (Å²) in [5.74, 6) is 0. The van der Waals surface area contributed by atoms with E-state index in [-0.39, 0.29) is 0 Å². The second kappa shape index (κ2) is 7.16. The Balaban J connectivity index is 1.87. The Kier molecular flexibility index (Phi) is 4.55. The first-order valence-electron chi connectivity index (χ1n) is 9.16. The van der Waals surface area contributed by atoms with Gasteiger partial charge in [-0.05, 0) is 37.5 Å². The van der Waals surface area contributed by atoms with Crippen LogP contribution in [-0.4, -0.2) is 19.5 Å². The monoisotopic (exact) mass is 354 g/mol. The van der Waals surface area contributed by atoms with E-state index in [1.165, 1.54) is 11.1 Å². The molecule has 0 aliphatic carbocycles. The second-order valence-corrected chi connectivity index (χ2v) is 6.92. The van der Waals surface area contributed by atoms with Crippen LogP contribution in [0.15, 0.2) is 67.3 Å². The summed E-state index contributed by atoms with van der Waals surface area (Å²) in [7, 11) is 0. The third-order valence-electron chi connectivity index (χ3n) is 4.70. The molecule has 27 heavy (non-hydrogen) atoms. The molecule has 0 aliphatic heterocycles. The predicted molar refractivity (Wildman–Crippen MR) is 111 cm³/mol. The summed E-state index contributed by atoms with van der Waals surface area (Å²) < 4.78 is 2.08. The number of fused-ring (bicyclic) bond motifs is 1. The van der Waals surface area contributed by atoms with Crippen molar-refractivity contribution in [1.82, 2.24) is 19.5 Å². The van der Waals surface area contributed by atoms with Gasteiger partial charge in [0.05, 0.1) is 6.33 Å². The summed E-state index contributed by atoms with van der Waals surface area (Å²) >= 11 is 0. The molecular formula is C23H22N4. The van der Waals surface area contributed by atoms with E-state index in [1.807, 2.05) is 18.5 Å². The van der Waals surface area contributed by atoms with Crippen LogP contribution in [0.25, 0.3) is 34.1 Å². The molecule has 134 valence electrons. The first kappa shape index (κ1) is 17.2. The van der Waals surface area contributed by atoms with Crippen molar-refractivity contribution in [2.24, 2.45) is 0 Å². The van der Waals surface area contributed by atoms with E-state index < -0.39 is 0 Å². The fraction of sp³-hybridized carbons (Fsp3) is 0.174. The minimum absolute atomic E-state index is 0.299. The average molecular weight is 354 g/mol. The summed E-state index contributed by atoms with van der Waals surface area (Å²) in [5, 5.41) is 0. The van der Waals surface area contributed by atoms with E-state index in [0.29, 0.717) is 6.04 Å². The molecular weight excluding hydrogens is 332 g/mol. The topological polar surface area (TPSA) is 43.6 Å². The maximum atomic E-state index is 4.62. The Bertz CT molecular complexity index is 1110. The number of benzene rings is 2. The van der Waals surface area contributed by atoms with Gasteiger partial charge >= 0.3 is 0 Å². The number of aromatic nitrogens is 4. The molecule has 0 saturated carbocycles. The van der Waals surface area contributed by atoms with Crippen LogP contribution in [0.3, 0.4) is 0 Å². The van der Waals surface area contributed by atoms with Gasteiger partial charge in [-0.25, -0.2) is 15.0 Å². The molecule has 2 aromatic carbocycles. The van der Waals surface area contributed by atoms with Crippen molar-refractivity contribution in [2.75, 3.05) is 0 Å². The number of imidazole rings is 1. The van der Waals surface area contributed by atoms with Crippen LogP contribution in [0.4, 0.5) is 0 Å². The van der Waals surface area contributed by atoms with E-state index >= 15 is 0 Å². The summed E-state index contributed by atoms with van der Waals surface area (Å²) in [6.45, 7) is 6.39. The molecule has 4 aromatic rings. The summed E-state index contributed by atoms with van der Waals surface area (Å²) in [6.07, 6.45) is 5.68. The van der Waals surface area contributed by atoms with Gasteiger partial charge < -0.3 is 4.57 Å². The Morgan fingerprint density at radius 2 is 1.67 bits per heavy atom. The highest BCUT2D eigenvalue weighted by molar-refractivity contribution is 5.94. The number of rotatable bonds is 4. The summed E-state index contributed by atoms with van der Waals surface area (Å²) in [6, 6.07) is 19.0. The van der Waals surface area contributed by atoms with Gasteiger partial charge in [0, 0.05) is 11.6 Å². The van der Waals surface area contributed by atoms with E-state index in [1.54, 1.807) is 6.33 Å². The van der Waals surface area contributed by atoms with Crippen molar-refractivity contribution in [3.05, 3.63) is 78.4 Å². The van der Waals surface area contributed by atoms with Crippen LogP contribution in [0.5, 0.6) is 0 Å². The zero-order valence-electron chi connectivity index (χ0n) is 15.8. The van der Waals surface area contributed by atoms with Crippen molar-refractivity contribution >= 4 is 22.8 Å². The minimum atomic E-state index is 0.299. The van der Waals surface area contributed by atoms with Crippen molar-refractivity contribution in [2.45, 2.75) is 26.8 Å². The highest BCUT2D eigenvalue weighted by Gasteiger charge is 2.16. The molecule has 0 fully saturated rings. The quantitative estimate of drug-likeness (QED) is 0.446. The number of allylic oxidation sites excluding steroid dienone is 1. The number of hydrogen-bond acceptors (Lipinski definition) is 3. The molecule has 0 bridgehead atoms. The molecule has 0 amide bonds. The molecule has 2 aromatic heterocycles. The SMILES string of the molecule is C/C(=C\c1ccccc1)c1ccccc1-c1ncnc2c1ncn2C(C)C. The van der Waals surface area contributed by atoms with Gasteiger partial charge in [0.1, 0.15) is 17.5 Å². The largest absolute Gasteiger partial charge is 0.313 e. The molecule has 0 unspecified atom stereocenters.